The first-order valence-electron chi connectivity index (χ1n) is 4.67. The van der Waals surface area contributed by atoms with E-state index in [1.165, 1.54) is 11.8 Å². The number of fused-ring (bicyclic) bond motifs is 1. The molecule has 0 saturated carbocycles. The number of allylic oxidation sites excluding steroid dienone is 1. The predicted molar refractivity (Wildman–Crippen MR) is 62.1 cm³/mol. The Morgan fingerprint density at radius 3 is 2.88 bits per heavy atom. The third kappa shape index (κ3) is 1.53. The van der Waals surface area contributed by atoms with Crippen LogP contribution in [0.2, 0.25) is 0 Å². The molecule has 16 heavy (non-hydrogen) atoms. The summed E-state index contributed by atoms with van der Waals surface area (Å²) in [4.78, 5) is 3.97. The van der Waals surface area contributed by atoms with Crippen LogP contribution in [0, 0.1) is 0 Å². The maximum atomic E-state index is 4.26. The molecular weight excluding hydrogens is 222 g/mol. The number of thioether (sulfide) groups is 1. The van der Waals surface area contributed by atoms with E-state index in [2.05, 4.69) is 20.3 Å². The highest BCUT2D eigenvalue weighted by Crippen LogP contribution is 2.24. The fourth-order valence-electron chi connectivity index (χ4n) is 1.36. The van der Waals surface area contributed by atoms with Crippen molar-refractivity contribution in [2.45, 2.75) is 5.16 Å². The summed E-state index contributed by atoms with van der Waals surface area (Å²) in [5.41, 5.74) is 0.952. The number of hydrogen-bond donors (Lipinski definition) is 0. The van der Waals surface area contributed by atoms with Crippen LogP contribution in [-0.2, 0) is 0 Å². The molecule has 0 N–H and O–H groups in total. The highest BCUT2D eigenvalue weighted by atomic mass is 32.2. The number of nitrogens with zero attached hydrogens (tertiary/aromatic N) is 5. The van der Waals surface area contributed by atoms with Crippen LogP contribution >= 0.6 is 11.8 Å². The monoisotopic (exact) mass is 229 g/mol. The standard InChI is InChI=1S/C10H7N5S/c1-4-12-15-9(8-2-5-11-6-3-8)13-14-10(15)16-7-1/h1-7H. The largest absolute Gasteiger partial charge is 0.265 e. The zero-order valence-corrected chi connectivity index (χ0v) is 9.00. The van der Waals surface area contributed by atoms with E-state index in [0.717, 1.165) is 16.5 Å². The fraction of sp³-hybridized carbons (Fsp3) is 0. The zero-order valence-electron chi connectivity index (χ0n) is 8.19. The molecule has 6 heteroatoms. The van der Waals surface area contributed by atoms with Gasteiger partial charge < -0.3 is 0 Å². The molecule has 0 fully saturated rings. The Balaban J connectivity index is 2.14. The van der Waals surface area contributed by atoms with Crippen LogP contribution < -0.4 is 0 Å². The Bertz CT molecular complexity index is 558. The highest BCUT2D eigenvalue weighted by molar-refractivity contribution is 8.02. The summed E-state index contributed by atoms with van der Waals surface area (Å²) in [5, 5.41) is 15.2. The Hall–Kier alpha value is -1.95. The molecule has 1 aliphatic rings. The molecule has 0 aromatic carbocycles. The van der Waals surface area contributed by atoms with E-state index >= 15 is 0 Å². The Kier molecular flexibility index (Phi) is 2.26. The molecule has 0 saturated heterocycles. The third-order valence-corrected chi connectivity index (χ3v) is 2.83. The van der Waals surface area contributed by atoms with Gasteiger partial charge in [-0.3, -0.25) is 4.98 Å². The Morgan fingerprint density at radius 2 is 2.00 bits per heavy atom. The topological polar surface area (TPSA) is 56.0 Å². The zero-order chi connectivity index (χ0) is 10.8. The van der Waals surface area contributed by atoms with Gasteiger partial charge in [0, 0.05) is 24.2 Å². The van der Waals surface area contributed by atoms with Crippen LogP contribution in [0.4, 0.5) is 0 Å². The summed E-state index contributed by atoms with van der Waals surface area (Å²) in [6, 6.07) is 3.77. The van der Waals surface area contributed by atoms with Gasteiger partial charge in [-0.15, -0.1) is 10.2 Å². The van der Waals surface area contributed by atoms with Gasteiger partial charge in [0.15, 0.2) is 5.82 Å². The summed E-state index contributed by atoms with van der Waals surface area (Å²) in [6.45, 7) is 0. The second kappa shape index (κ2) is 3.90. The molecule has 0 atom stereocenters. The van der Waals surface area contributed by atoms with Crippen LogP contribution in [0.15, 0.2) is 46.3 Å². The van der Waals surface area contributed by atoms with Gasteiger partial charge in [0.2, 0.25) is 5.16 Å². The van der Waals surface area contributed by atoms with Crippen molar-refractivity contribution in [1.29, 1.82) is 0 Å². The van der Waals surface area contributed by atoms with E-state index in [9.17, 15) is 0 Å². The molecule has 0 radical (unpaired) electrons. The molecule has 0 amide bonds. The molecular formula is C10H7N5S. The maximum Gasteiger partial charge on any atom is 0.216 e. The molecule has 0 spiro atoms. The lowest BCUT2D eigenvalue weighted by molar-refractivity contribution is 0.776. The molecule has 2 aromatic heterocycles. The minimum atomic E-state index is 0.727. The predicted octanol–water partition coefficient (Wildman–Crippen LogP) is 1.79. The van der Waals surface area contributed by atoms with E-state index in [1.54, 1.807) is 23.3 Å². The summed E-state index contributed by atoms with van der Waals surface area (Å²) < 4.78 is 1.72. The van der Waals surface area contributed by atoms with Crippen molar-refractivity contribution >= 4 is 18.0 Å². The Labute approximate surface area is 95.9 Å². The minimum absolute atomic E-state index is 0.727. The maximum absolute atomic E-state index is 4.26. The van der Waals surface area contributed by atoms with Gasteiger partial charge in [0.1, 0.15) is 0 Å². The number of pyridine rings is 1. The molecule has 0 bridgehead atoms. The van der Waals surface area contributed by atoms with Crippen molar-refractivity contribution in [1.82, 2.24) is 19.9 Å². The van der Waals surface area contributed by atoms with E-state index < -0.39 is 0 Å². The second-order valence-corrected chi connectivity index (χ2v) is 3.94. The number of aromatic nitrogens is 4. The van der Waals surface area contributed by atoms with Crippen LogP contribution in [0.5, 0.6) is 0 Å². The van der Waals surface area contributed by atoms with E-state index in [0.29, 0.717) is 0 Å². The van der Waals surface area contributed by atoms with Gasteiger partial charge in [-0.2, -0.15) is 9.78 Å². The van der Waals surface area contributed by atoms with E-state index in [4.69, 9.17) is 0 Å². The average molecular weight is 229 g/mol. The SMILES string of the molecule is C1=CSc2nnc(-c3ccncc3)n2N=C1. The van der Waals surface area contributed by atoms with E-state index in [1.807, 2.05) is 23.6 Å². The van der Waals surface area contributed by atoms with Crippen LogP contribution in [0.3, 0.4) is 0 Å². The normalized spacial score (nSPS) is 13.5. The lowest BCUT2D eigenvalue weighted by atomic mass is 10.2. The summed E-state index contributed by atoms with van der Waals surface area (Å²) in [5.74, 6) is 0.727. The minimum Gasteiger partial charge on any atom is -0.265 e. The first-order valence-corrected chi connectivity index (χ1v) is 5.55. The van der Waals surface area contributed by atoms with Gasteiger partial charge in [-0.1, -0.05) is 11.8 Å². The molecule has 1 aliphatic heterocycles. The lowest BCUT2D eigenvalue weighted by Crippen LogP contribution is -1.94. The van der Waals surface area contributed by atoms with Gasteiger partial charge in [-0.05, 0) is 23.6 Å². The second-order valence-electron chi connectivity index (χ2n) is 3.06. The molecule has 3 rings (SSSR count). The van der Waals surface area contributed by atoms with Gasteiger partial charge in [0.05, 0.1) is 0 Å². The molecule has 0 aliphatic carbocycles. The number of rotatable bonds is 1. The van der Waals surface area contributed by atoms with Crippen LogP contribution in [-0.4, -0.2) is 26.1 Å². The first kappa shape index (κ1) is 9.29. The van der Waals surface area contributed by atoms with E-state index in [-0.39, 0.29) is 0 Å². The first-order chi connectivity index (χ1) is 7.95. The van der Waals surface area contributed by atoms with Gasteiger partial charge >= 0.3 is 0 Å². The summed E-state index contributed by atoms with van der Waals surface area (Å²) in [7, 11) is 0. The van der Waals surface area contributed by atoms with Crippen LogP contribution in [0.25, 0.3) is 11.4 Å². The Morgan fingerprint density at radius 1 is 1.12 bits per heavy atom. The molecule has 78 valence electrons. The molecule has 3 heterocycles. The average Bonchev–Trinajstić information content (AvgIpc) is 2.60. The summed E-state index contributed by atoms with van der Waals surface area (Å²) >= 11 is 1.49. The van der Waals surface area contributed by atoms with Gasteiger partial charge in [0.25, 0.3) is 0 Å². The summed E-state index contributed by atoms with van der Waals surface area (Å²) in [6.07, 6.45) is 7.04. The molecule has 0 unspecified atom stereocenters. The fourth-order valence-corrected chi connectivity index (χ4v) is 1.96. The van der Waals surface area contributed by atoms with Crippen molar-refractivity contribution in [3.63, 3.8) is 0 Å². The number of hydrogen-bond acceptors (Lipinski definition) is 5. The molecule has 5 nitrogen and oxygen atoms in total. The van der Waals surface area contributed by atoms with Crippen LogP contribution in [0.1, 0.15) is 0 Å². The lowest BCUT2D eigenvalue weighted by Gasteiger charge is -2.00. The van der Waals surface area contributed by atoms with Crippen molar-refractivity contribution < 1.29 is 0 Å². The van der Waals surface area contributed by atoms with Gasteiger partial charge in [-0.25, -0.2) is 0 Å². The molecule has 2 aromatic rings. The highest BCUT2D eigenvalue weighted by Gasteiger charge is 2.13. The van der Waals surface area contributed by atoms with Crippen molar-refractivity contribution in [2.75, 3.05) is 0 Å². The van der Waals surface area contributed by atoms with Crippen molar-refractivity contribution in [3.05, 3.63) is 36.0 Å². The third-order valence-electron chi connectivity index (χ3n) is 2.07. The smallest absolute Gasteiger partial charge is 0.216 e. The quantitative estimate of drug-likeness (QED) is 0.748. The van der Waals surface area contributed by atoms with Crippen molar-refractivity contribution in [3.8, 4) is 11.4 Å². The van der Waals surface area contributed by atoms with Crippen molar-refractivity contribution in [2.24, 2.45) is 5.10 Å².